The monoisotopic (exact) mass is 356 g/mol. The highest BCUT2D eigenvalue weighted by molar-refractivity contribution is 7.99. The van der Waals surface area contributed by atoms with E-state index in [4.69, 9.17) is 10.5 Å². The van der Waals surface area contributed by atoms with Gasteiger partial charge in [0.1, 0.15) is 11.5 Å². The van der Waals surface area contributed by atoms with Crippen LogP contribution < -0.4 is 10.5 Å². The zero-order valence-electron chi connectivity index (χ0n) is 13.4. The number of aromatic hydroxyl groups is 1. The molecule has 0 atom stereocenters. The van der Waals surface area contributed by atoms with E-state index in [-0.39, 0.29) is 11.5 Å². The molecule has 3 rings (SSSR count). The number of nitrogens with two attached hydrogens (primary N) is 1. The van der Waals surface area contributed by atoms with Crippen LogP contribution in [0.25, 0.3) is 17.1 Å². The molecule has 128 valence electrons. The molecule has 3 N–H and O–H groups in total. The van der Waals surface area contributed by atoms with E-state index < -0.39 is 5.91 Å². The van der Waals surface area contributed by atoms with Crippen LogP contribution in [0.3, 0.4) is 0 Å². The van der Waals surface area contributed by atoms with Gasteiger partial charge >= 0.3 is 0 Å². The third kappa shape index (κ3) is 3.58. The predicted molar refractivity (Wildman–Crippen MR) is 94.9 cm³/mol. The summed E-state index contributed by atoms with van der Waals surface area (Å²) in [5, 5.41) is 19.0. The second kappa shape index (κ2) is 7.27. The van der Waals surface area contributed by atoms with E-state index in [0.717, 1.165) is 5.69 Å². The zero-order chi connectivity index (χ0) is 17.8. The normalized spacial score (nSPS) is 10.6. The molecule has 0 radical (unpaired) electrons. The lowest BCUT2D eigenvalue weighted by Gasteiger charge is -2.12. The zero-order valence-corrected chi connectivity index (χ0v) is 14.2. The van der Waals surface area contributed by atoms with Gasteiger partial charge in [0, 0.05) is 6.07 Å². The van der Waals surface area contributed by atoms with Gasteiger partial charge < -0.3 is 15.6 Å². The van der Waals surface area contributed by atoms with Gasteiger partial charge in [-0.05, 0) is 24.3 Å². The van der Waals surface area contributed by atoms with E-state index in [9.17, 15) is 9.90 Å². The van der Waals surface area contributed by atoms with Gasteiger partial charge in [-0.15, -0.1) is 10.2 Å². The predicted octanol–water partition coefficient (Wildman–Crippen LogP) is 2.23. The van der Waals surface area contributed by atoms with Crippen LogP contribution in [0, 0.1) is 0 Å². The number of aromatic nitrogens is 3. The van der Waals surface area contributed by atoms with Gasteiger partial charge in [-0.1, -0.05) is 30.0 Å². The lowest BCUT2D eigenvalue weighted by atomic mass is 10.2. The molecule has 0 aliphatic carbocycles. The molecule has 1 heterocycles. The van der Waals surface area contributed by atoms with Crippen LogP contribution in [0.1, 0.15) is 0 Å². The molecule has 25 heavy (non-hydrogen) atoms. The number of methoxy groups -OCH3 is 1. The van der Waals surface area contributed by atoms with Crippen LogP contribution in [0.2, 0.25) is 0 Å². The first kappa shape index (κ1) is 16.8. The van der Waals surface area contributed by atoms with Crippen LogP contribution in [0.5, 0.6) is 11.5 Å². The molecule has 0 bridgehead atoms. The molecule has 0 aliphatic heterocycles. The highest BCUT2D eigenvalue weighted by Crippen LogP contribution is 2.33. The number of hydrogen-bond donors (Lipinski definition) is 2. The number of phenolic OH excluding ortho intramolecular Hbond substituents is 1. The van der Waals surface area contributed by atoms with Gasteiger partial charge in [0.25, 0.3) is 0 Å². The van der Waals surface area contributed by atoms with Crippen molar-refractivity contribution in [3.8, 4) is 28.6 Å². The van der Waals surface area contributed by atoms with Gasteiger partial charge in [-0.3, -0.25) is 9.36 Å². The number of primary amides is 1. The SMILES string of the molecule is COc1cccc(-n2c(SCC(N)=O)nnc2-c2ccccc2O)c1. The van der Waals surface area contributed by atoms with Crippen LogP contribution in [0.4, 0.5) is 0 Å². The molecule has 0 saturated heterocycles. The quantitative estimate of drug-likeness (QED) is 0.657. The fraction of sp³-hybridized carbons (Fsp3) is 0.118. The minimum absolute atomic E-state index is 0.0723. The average Bonchev–Trinajstić information content (AvgIpc) is 3.04. The summed E-state index contributed by atoms with van der Waals surface area (Å²) < 4.78 is 7.03. The Morgan fingerprint density at radius 2 is 2.04 bits per heavy atom. The minimum Gasteiger partial charge on any atom is -0.507 e. The Balaban J connectivity index is 2.16. The summed E-state index contributed by atoms with van der Waals surface area (Å²) in [4.78, 5) is 11.1. The smallest absolute Gasteiger partial charge is 0.227 e. The Hall–Kier alpha value is -3.00. The van der Waals surface area contributed by atoms with E-state index in [2.05, 4.69) is 10.2 Å². The van der Waals surface area contributed by atoms with Crippen LogP contribution >= 0.6 is 11.8 Å². The second-order valence-electron chi connectivity index (χ2n) is 5.12. The van der Waals surface area contributed by atoms with Crippen molar-refractivity contribution in [1.82, 2.24) is 14.8 Å². The van der Waals surface area contributed by atoms with Crippen molar-refractivity contribution >= 4 is 17.7 Å². The number of ether oxygens (including phenoxy) is 1. The molecule has 0 saturated carbocycles. The van der Waals surface area contributed by atoms with Crippen LogP contribution in [-0.4, -0.2) is 38.6 Å². The number of benzene rings is 2. The largest absolute Gasteiger partial charge is 0.507 e. The third-order valence-corrected chi connectivity index (χ3v) is 4.38. The van der Waals surface area contributed by atoms with Crippen LogP contribution in [0.15, 0.2) is 53.7 Å². The first-order valence-corrected chi connectivity index (χ1v) is 8.38. The summed E-state index contributed by atoms with van der Waals surface area (Å²) >= 11 is 1.18. The summed E-state index contributed by atoms with van der Waals surface area (Å²) in [6.45, 7) is 0. The molecular weight excluding hydrogens is 340 g/mol. The molecule has 8 heteroatoms. The number of rotatable bonds is 6. The Morgan fingerprint density at radius 3 is 2.76 bits per heavy atom. The van der Waals surface area contributed by atoms with Gasteiger partial charge in [-0.25, -0.2) is 0 Å². The maximum atomic E-state index is 11.1. The number of para-hydroxylation sites is 1. The second-order valence-corrected chi connectivity index (χ2v) is 6.06. The molecule has 3 aromatic rings. The van der Waals surface area contributed by atoms with Crippen molar-refractivity contribution in [2.75, 3.05) is 12.9 Å². The lowest BCUT2D eigenvalue weighted by molar-refractivity contribution is -0.115. The summed E-state index contributed by atoms with van der Waals surface area (Å²) in [6, 6.07) is 14.2. The number of carbonyl (C=O) groups excluding carboxylic acids is 1. The molecular formula is C17H16N4O3S. The van der Waals surface area contributed by atoms with E-state index in [0.29, 0.717) is 22.3 Å². The molecule has 7 nitrogen and oxygen atoms in total. The molecule has 2 aromatic carbocycles. The van der Waals surface area contributed by atoms with E-state index >= 15 is 0 Å². The molecule has 0 unspecified atom stereocenters. The van der Waals surface area contributed by atoms with Gasteiger partial charge in [0.15, 0.2) is 11.0 Å². The standard InChI is InChI=1S/C17H16N4O3S/c1-24-12-6-4-5-11(9-12)21-16(13-7-2-3-8-14(13)22)19-20-17(21)25-10-15(18)23/h2-9,22H,10H2,1H3,(H2,18,23). The average molecular weight is 356 g/mol. The number of carbonyl (C=O) groups is 1. The lowest BCUT2D eigenvalue weighted by Crippen LogP contribution is -2.13. The first-order chi connectivity index (χ1) is 12.1. The first-order valence-electron chi connectivity index (χ1n) is 7.39. The highest BCUT2D eigenvalue weighted by Gasteiger charge is 2.19. The van der Waals surface area contributed by atoms with Gasteiger partial charge in [0.2, 0.25) is 5.91 Å². The molecule has 0 aliphatic rings. The third-order valence-electron chi connectivity index (χ3n) is 3.43. The van der Waals surface area contributed by atoms with Gasteiger partial charge in [-0.2, -0.15) is 0 Å². The van der Waals surface area contributed by atoms with Crippen molar-refractivity contribution in [3.05, 3.63) is 48.5 Å². The molecule has 1 amide bonds. The van der Waals surface area contributed by atoms with Crippen molar-refractivity contribution in [2.24, 2.45) is 5.73 Å². The fourth-order valence-corrected chi connectivity index (χ4v) is 3.01. The topological polar surface area (TPSA) is 103 Å². The number of hydrogen-bond acceptors (Lipinski definition) is 6. The molecule has 0 spiro atoms. The Bertz CT molecular complexity index is 910. The number of thioether (sulfide) groups is 1. The summed E-state index contributed by atoms with van der Waals surface area (Å²) in [7, 11) is 1.58. The van der Waals surface area contributed by atoms with Crippen molar-refractivity contribution < 1.29 is 14.6 Å². The summed E-state index contributed by atoms with van der Waals surface area (Å²) in [5.74, 6) is 0.835. The van der Waals surface area contributed by atoms with Gasteiger partial charge in [0.05, 0.1) is 24.1 Å². The van der Waals surface area contributed by atoms with E-state index in [1.165, 1.54) is 11.8 Å². The summed E-state index contributed by atoms with van der Waals surface area (Å²) in [5.41, 5.74) is 6.52. The maximum Gasteiger partial charge on any atom is 0.227 e. The number of phenols is 1. The Kier molecular flexibility index (Phi) is 4.90. The minimum atomic E-state index is -0.450. The molecule has 1 aromatic heterocycles. The van der Waals surface area contributed by atoms with Crippen LogP contribution in [-0.2, 0) is 4.79 Å². The Labute approximate surface area is 148 Å². The fourth-order valence-electron chi connectivity index (χ4n) is 2.32. The summed E-state index contributed by atoms with van der Waals surface area (Å²) in [6.07, 6.45) is 0. The number of amides is 1. The molecule has 0 fully saturated rings. The highest BCUT2D eigenvalue weighted by atomic mass is 32.2. The van der Waals surface area contributed by atoms with Crippen molar-refractivity contribution in [1.29, 1.82) is 0 Å². The van der Waals surface area contributed by atoms with E-state index in [1.54, 1.807) is 35.9 Å². The van der Waals surface area contributed by atoms with Crippen molar-refractivity contribution in [3.63, 3.8) is 0 Å². The number of nitrogens with zero attached hydrogens (tertiary/aromatic N) is 3. The van der Waals surface area contributed by atoms with Crippen molar-refractivity contribution in [2.45, 2.75) is 5.16 Å². The van der Waals surface area contributed by atoms with E-state index in [1.807, 2.05) is 24.3 Å². The maximum absolute atomic E-state index is 11.1. The Morgan fingerprint density at radius 1 is 1.24 bits per heavy atom.